The number of hydrogen-bond donors (Lipinski definition) is 0. The summed E-state index contributed by atoms with van der Waals surface area (Å²) in [5.41, 5.74) is 1.97. The van der Waals surface area contributed by atoms with Crippen LogP contribution in [0.3, 0.4) is 0 Å². The minimum atomic E-state index is 0.0186. The first-order valence-electron chi connectivity index (χ1n) is 5.37. The lowest BCUT2D eigenvalue weighted by atomic mass is 10.3. The summed E-state index contributed by atoms with van der Waals surface area (Å²) in [7, 11) is 1.75. The average molecular weight is 329 g/mol. The van der Waals surface area contributed by atoms with Gasteiger partial charge in [-0.15, -0.1) is 5.10 Å². The maximum absolute atomic E-state index is 11.1. The molecule has 0 N–H and O–H groups in total. The summed E-state index contributed by atoms with van der Waals surface area (Å²) >= 11 is 5.13. The van der Waals surface area contributed by atoms with Gasteiger partial charge in [0, 0.05) is 23.8 Å². The van der Waals surface area contributed by atoms with Crippen molar-refractivity contribution in [3.05, 3.63) is 32.7 Å². The fourth-order valence-electron chi connectivity index (χ4n) is 1.44. The van der Waals surface area contributed by atoms with Crippen LogP contribution in [0, 0.1) is 0 Å². The van der Waals surface area contributed by atoms with Crippen LogP contribution in [0.1, 0.15) is 18.2 Å². The predicted molar refractivity (Wildman–Crippen MR) is 73.3 cm³/mol. The van der Waals surface area contributed by atoms with Crippen molar-refractivity contribution in [2.45, 2.75) is 20.0 Å². The van der Waals surface area contributed by atoms with Crippen molar-refractivity contribution in [3.63, 3.8) is 0 Å². The Morgan fingerprint density at radius 1 is 1.56 bits per heavy atom. The topological polar surface area (TPSA) is 51.0 Å². The van der Waals surface area contributed by atoms with Gasteiger partial charge >= 0.3 is 0 Å². The molecule has 5 nitrogen and oxygen atoms in total. The van der Waals surface area contributed by atoms with Gasteiger partial charge < -0.3 is 4.90 Å². The van der Waals surface area contributed by atoms with Crippen molar-refractivity contribution in [1.29, 1.82) is 0 Å². The molecule has 2 aromatic heterocycles. The zero-order valence-electron chi connectivity index (χ0n) is 10.1. The Bertz CT molecular complexity index is 551. The number of rotatable bonds is 4. The van der Waals surface area contributed by atoms with Crippen LogP contribution in [-0.2, 0) is 17.9 Å². The summed E-state index contributed by atoms with van der Waals surface area (Å²) in [5.74, 6) is 0.0186. The highest BCUT2D eigenvalue weighted by atomic mass is 79.9. The molecule has 0 fully saturated rings. The van der Waals surface area contributed by atoms with E-state index in [-0.39, 0.29) is 5.91 Å². The highest BCUT2D eigenvalue weighted by Crippen LogP contribution is 2.21. The molecule has 0 saturated carbocycles. The Hall–Kier alpha value is -1.21. The molecule has 0 aromatic carbocycles. The van der Waals surface area contributed by atoms with Gasteiger partial charge in [0.1, 0.15) is 5.69 Å². The second-order valence-electron chi connectivity index (χ2n) is 4.03. The first-order chi connectivity index (χ1) is 8.56. The van der Waals surface area contributed by atoms with Crippen LogP contribution in [0.15, 0.2) is 21.4 Å². The third-order valence-electron chi connectivity index (χ3n) is 2.54. The maximum Gasteiger partial charge on any atom is 0.219 e. The van der Waals surface area contributed by atoms with Gasteiger partial charge in [-0.05, 0) is 26.9 Å². The van der Waals surface area contributed by atoms with E-state index >= 15 is 0 Å². The van der Waals surface area contributed by atoms with Gasteiger partial charge in [-0.2, -0.15) is 11.3 Å². The molecule has 2 aromatic rings. The van der Waals surface area contributed by atoms with E-state index in [1.165, 1.54) is 12.5 Å². The molecule has 0 aliphatic carbocycles. The Morgan fingerprint density at radius 3 is 2.94 bits per heavy atom. The van der Waals surface area contributed by atoms with E-state index in [2.05, 4.69) is 31.6 Å². The summed E-state index contributed by atoms with van der Waals surface area (Å²) in [5, 5.41) is 12.2. The maximum atomic E-state index is 11.1. The van der Waals surface area contributed by atoms with E-state index in [4.69, 9.17) is 0 Å². The van der Waals surface area contributed by atoms with E-state index in [0.717, 1.165) is 10.2 Å². The lowest BCUT2D eigenvalue weighted by molar-refractivity contribution is -0.128. The van der Waals surface area contributed by atoms with E-state index in [0.29, 0.717) is 13.1 Å². The zero-order chi connectivity index (χ0) is 13.1. The van der Waals surface area contributed by atoms with Crippen molar-refractivity contribution < 1.29 is 4.79 Å². The molecule has 0 spiro atoms. The number of halogens is 1. The SMILES string of the molecule is CC(=O)N(C)Cc1cn(Cc2cscc2Br)nn1. The smallest absolute Gasteiger partial charge is 0.219 e. The normalized spacial score (nSPS) is 10.6. The summed E-state index contributed by atoms with van der Waals surface area (Å²) in [4.78, 5) is 12.7. The molecule has 7 heteroatoms. The van der Waals surface area contributed by atoms with Crippen LogP contribution >= 0.6 is 27.3 Å². The minimum Gasteiger partial charge on any atom is -0.340 e. The number of carbonyl (C=O) groups is 1. The van der Waals surface area contributed by atoms with Gasteiger partial charge in [0.05, 0.1) is 19.3 Å². The number of aromatic nitrogens is 3. The van der Waals surface area contributed by atoms with Gasteiger partial charge in [0.15, 0.2) is 0 Å². The molecular formula is C11H13BrN4OS. The third kappa shape index (κ3) is 3.17. The van der Waals surface area contributed by atoms with Crippen molar-refractivity contribution in [2.75, 3.05) is 7.05 Å². The van der Waals surface area contributed by atoms with Crippen LogP contribution in [0.4, 0.5) is 0 Å². The van der Waals surface area contributed by atoms with Crippen molar-refractivity contribution in [3.8, 4) is 0 Å². The standard InChI is InChI=1S/C11H13BrN4OS/c1-8(17)15(2)4-10-5-16(14-13-10)3-9-6-18-7-11(9)12/h5-7H,3-4H2,1-2H3. The van der Waals surface area contributed by atoms with E-state index in [9.17, 15) is 4.79 Å². The Kier molecular flexibility index (Phi) is 4.13. The van der Waals surface area contributed by atoms with E-state index < -0.39 is 0 Å². The zero-order valence-corrected chi connectivity index (χ0v) is 12.5. The molecular weight excluding hydrogens is 316 g/mol. The molecule has 96 valence electrons. The van der Waals surface area contributed by atoms with E-state index in [1.54, 1.807) is 28.0 Å². The molecule has 0 radical (unpaired) electrons. The van der Waals surface area contributed by atoms with Gasteiger partial charge in [-0.25, -0.2) is 4.68 Å². The second kappa shape index (κ2) is 5.62. The first-order valence-corrected chi connectivity index (χ1v) is 7.11. The summed E-state index contributed by atoms with van der Waals surface area (Å²) < 4.78 is 2.86. The Morgan fingerprint density at radius 2 is 2.33 bits per heavy atom. The van der Waals surface area contributed by atoms with Crippen LogP contribution in [0.5, 0.6) is 0 Å². The molecule has 0 saturated heterocycles. The molecule has 2 rings (SSSR count). The van der Waals surface area contributed by atoms with Crippen LogP contribution in [0.2, 0.25) is 0 Å². The molecule has 0 atom stereocenters. The number of carbonyl (C=O) groups excluding carboxylic acids is 1. The first kappa shape index (κ1) is 13.2. The van der Waals surface area contributed by atoms with Gasteiger partial charge in [-0.3, -0.25) is 4.79 Å². The lowest BCUT2D eigenvalue weighted by Gasteiger charge is -2.11. The van der Waals surface area contributed by atoms with Gasteiger partial charge in [0.2, 0.25) is 5.91 Å². The van der Waals surface area contributed by atoms with Crippen molar-refractivity contribution >= 4 is 33.2 Å². The van der Waals surface area contributed by atoms with Crippen molar-refractivity contribution in [1.82, 2.24) is 19.9 Å². The molecule has 0 aliphatic rings. The lowest BCUT2D eigenvalue weighted by Crippen LogP contribution is -2.23. The highest BCUT2D eigenvalue weighted by Gasteiger charge is 2.08. The van der Waals surface area contributed by atoms with Gasteiger partial charge in [-0.1, -0.05) is 5.21 Å². The monoisotopic (exact) mass is 328 g/mol. The fourth-order valence-corrected chi connectivity index (χ4v) is 2.86. The molecule has 0 unspecified atom stereocenters. The molecule has 18 heavy (non-hydrogen) atoms. The van der Waals surface area contributed by atoms with E-state index in [1.807, 2.05) is 11.6 Å². The minimum absolute atomic E-state index is 0.0186. The number of thiophene rings is 1. The summed E-state index contributed by atoms with van der Waals surface area (Å²) in [6.07, 6.45) is 1.86. The summed E-state index contributed by atoms with van der Waals surface area (Å²) in [6.45, 7) is 2.70. The predicted octanol–water partition coefficient (Wildman–Crippen LogP) is 2.13. The number of amides is 1. The number of hydrogen-bond acceptors (Lipinski definition) is 4. The van der Waals surface area contributed by atoms with Crippen LogP contribution < -0.4 is 0 Å². The second-order valence-corrected chi connectivity index (χ2v) is 5.63. The van der Waals surface area contributed by atoms with Gasteiger partial charge in [0.25, 0.3) is 0 Å². The van der Waals surface area contributed by atoms with Crippen LogP contribution in [-0.4, -0.2) is 32.8 Å². The largest absolute Gasteiger partial charge is 0.340 e. The molecule has 1 amide bonds. The summed E-state index contributed by atoms with van der Waals surface area (Å²) in [6, 6.07) is 0. The Balaban J connectivity index is 2.02. The molecule has 0 aliphatic heterocycles. The quantitative estimate of drug-likeness (QED) is 0.863. The third-order valence-corrected chi connectivity index (χ3v) is 4.38. The molecule has 2 heterocycles. The number of nitrogens with zero attached hydrogens (tertiary/aromatic N) is 4. The molecule has 0 bridgehead atoms. The van der Waals surface area contributed by atoms with Crippen molar-refractivity contribution in [2.24, 2.45) is 0 Å². The van der Waals surface area contributed by atoms with Crippen LogP contribution in [0.25, 0.3) is 0 Å². The highest BCUT2D eigenvalue weighted by molar-refractivity contribution is 9.10. The average Bonchev–Trinajstić information content (AvgIpc) is 2.90. The Labute approximate surface area is 118 Å². The fraction of sp³-hybridized carbons (Fsp3) is 0.364.